The van der Waals surface area contributed by atoms with Crippen molar-refractivity contribution in [2.24, 2.45) is 17.1 Å². The highest BCUT2D eigenvalue weighted by molar-refractivity contribution is 6.37. The van der Waals surface area contributed by atoms with E-state index in [0.29, 0.717) is 24.8 Å². The Balaban J connectivity index is 3.63. The van der Waals surface area contributed by atoms with Crippen molar-refractivity contribution in [3.8, 4) is 0 Å². The average Bonchev–Trinajstić information content (AvgIpc) is 3.21. The zero-order valence-electron chi connectivity index (χ0n) is 39.3. The van der Waals surface area contributed by atoms with Crippen LogP contribution in [0, 0.1) is 18.3 Å². The number of hydrogen-bond donors (Lipinski definition) is 10. The Hall–Kier alpha value is -6.41. The first-order valence-corrected chi connectivity index (χ1v) is 22.1. The number of unbranched alkanes of at least 4 members (excludes halogenated alkanes) is 2. The molecule has 0 saturated heterocycles. The predicted octanol–water partition coefficient (Wildman–Crippen LogP) is 0.429. The van der Waals surface area contributed by atoms with Crippen molar-refractivity contribution in [1.29, 1.82) is 0 Å². The standard InChI is InChI=1S/C45H70N8O13/c1-9-10-17-29(37(60)39(46)61)49-41(63)31(22-25(2)3)52-44(66)38(45(6,7)8)53-43(65)32(23-28-16-12-11-15-26(28)4)51-40(62)30(18-13-14-21-47-27(5)54)50-42(64)33(24-36(58)59)48-34(55)19-20-35(56)57/h11-12,15-16,25,29-33,38H,9-10,13-14,17-24H2,1-8H3,(H2,46,61)(H,47,54)(H,48,55)(H,49,63)(H,50,64)(H,51,62)(H,52,66)(H,53,65)(H,56,57)(H,58,59)/t29?,30-,31-,32-,33-,38+/m0/s1. The van der Waals surface area contributed by atoms with Gasteiger partial charge < -0.3 is 53.2 Å². The maximum absolute atomic E-state index is 14.5. The van der Waals surface area contributed by atoms with E-state index in [9.17, 15) is 57.8 Å². The molecule has 0 fully saturated rings. The normalized spacial score (nSPS) is 13.9. The van der Waals surface area contributed by atoms with Crippen LogP contribution in [0.2, 0.25) is 0 Å². The lowest BCUT2D eigenvalue weighted by Crippen LogP contribution is -2.62. The van der Waals surface area contributed by atoms with Crippen molar-refractivity contribution in [3.63, 3.8) is 0 Å². The fourth-order valence-electron chi connectivity index (χ4n) is 6.69. The smallest absolute Gasteiger partial charge is 0.305 e. The Morgan fingerprint density at radius 3 is 1.74 bits per heavy atom. The summed E-state index contributed by atoms with van der Waals surface area (Å²) in [5.41, 5.74) is 5.62. The van der Waals surface area contributed by atoms with E-state index in [1.807, 2.05) is 6.92 Å². The number of carboxylic acids is 2. The van der Waals surface area contributed by atoms with Crippen molar-refractivity contribution in [2.75, 3.05) is 6.54 Å². The van der Waals surface area contributed by atoms with Gasteiger partial charge in [0, 0.05) is 26.3 Å². The van der Waals surface area contributed by atoms with E-state index in [1.54, 1.807) is 65.8 Å². The first-order chi connectivity index (χ1) is 30.8. The molecule has 1 aromatic rings. The number of rotatable bonds is 30. The molecule has 0 bridgehead atoms. The Morgan fingerprint density at radius 1 is 0.652 bits per heavy atom. The topological polar surface area (TPSA) is 338 Å². The number of ketones is 1. The van der Waals surface area contributed by atoms with Crippen LogP contribution in [0.25, 0.3) is 0 Å². The average molecular weight is 931 g/mol. The molecule has 0 aromatic heterocycles. The molecule has 0 aliphatic carbocycles. The second kappa shape index (κ2) is 28.5. The van der Waals surface area contributed by atoms with Gasteiger partial charge in [-0.3, -0.25) is 52.7 Å². The minimum Gasteiger partial charge on any atom is -0.481 e. The summed E-state index contributed by atoms with van der Waals surface area (Å²) in [5.74, 6) is -10.7. The van der Waals surface area contributed by atoms with E-state index in [1.165, 1.54) is 6.92 Å². The number of Topliss-reactive ketones (excluding diaryl/α,β-unsaturated/α-hetero) is 1. The Morgan fingerprint density at radius 2 is 1.20 bits per heavy atom. The highest BCUT2D eigenvalue weighted by Gasteiger charge is 2.38. The molecule has 21 nitrogen and oxygen atoms in total. The largest absolute Gasteiger partial charge is 0.481 e. The maximum Gasteiger partial charge on any atom is 0.305 e. The van der Waals surface area contributed by atoms with Crippen LogP contribution < -0.4 is 43.0 Å². The summed E-state index contributed by atoms with van der Waals surface area (Å²) < 4.78 is 0. The summed E-state index contributed by atoms with van der Waals surface area (Å²) in [5, 5.41) is 36.5. The molecular formula is C45H70N8O13. The number of nitrogens with one attached hydrogen (secondary N) is 7. The van der Waals surface area contributed by atoms with Crippen molar-refractivity contribution >= 4 is 65.0 Å². The van der Waals surface area contributed by atoms with Crippen LogP contribution in [0.15, 0.2) is 24.3 Å². The van der Waals surface area contributed by atoms with Gasteiger partial charge in [0.2, 0.25) is 47.1 Å². The molecule has 0 aliphatic rings. The fraction of sp³-hybridized carbons (Fsp3) is 0.622. The van der Waals surface area contributed by atoms with Crippen LogP contribution in [0.3, 0.4) is 0 Å². The fourth-order valence-corrected chi connectivity index (χ4v) is 6.69. The Bertz CT molecular complexity index is 1900. The third-order valence-corrected chi connectivity index (χ3v) is 10.3. The second-order valence-electron chi connectivity index (χ2n) is 17.8. The third kappa shape index (κ3) is 22.0. The van der Waals surface area contributed by atoms with Crippen LogP contribution in [-0.4, -0.2) is 118 Å². The van der Waals surface area contributed by atoms with E-state index in [0.717, 1.165) is 5.56 Å². The molecule has 368 valence electrons. The first kappa shape index (κ1) is 57.6. The molecule has 6 atom stereocenters. The van der Waals surface area contributed by atoms with E-state index in [-0.39, 0.29) is 50.5 Å². The molecule has 1 rings (SSSR count). The molecular weight excluding hydrogens is 861 g/mol. The lowest BCUT2D eigenvalue weighted by atomic mass is 9.85. The van der Waals surface area contributed by atoms with Crippen molar-refractivity contribution in [2.45, 2.75) is 162 Å². The zero-order chi connectivity index (χ0) is 50.3. The van der Waals surface area contributed by atoms with E-state index >= 15 is 0 Å². The lowest BCUT2D eigenvalue weighted by Gasteiger charge is -2.34. The molecule has 0 spiro atoms. The molecule has 0 heterocycles. The summed E-state index contributed by atoms with van der Waals surface area (Å²) in [6, 6.07) is -1.33. The molecule has 1 unspecified atom stereocenters. The van der Waals surface area contributed by atoms with Crippen LogP contribution >= 0.6 is 0 Å². The number of carbonyl (C=O) groups excluding carboxylic acids is 9. The molecule has 1 aromatic carbocycles. The maximum atomic E-state index is 14.5. The number of primary amides is 1. The van der Waals surface area contributed by atoms with Gasteiger partial charge in [0.1, 0.15) is 30.2 Å². The van der Waals surface area contributed by atoms with Gasteiger partial charge in [0.05, 0.1) is 18.9 Å². The van der Waals surface area contributed by atoms with Gasteiger partial charge in [0.25, 0.3) is 5.91 Å². The number of nitrogens with two attached hydrogens (primary N) is 1. The molecule has 0 radical (unpaired) electrons. The summed E-state index contributed by atoms with van der Waals surface area (Å²) in [7, 11) is 0. The van der Waals surface area contributed by atoms with Gasteiger partial charge in [-0.2, -0.15) is 0 Å². The van der Waals surface area contributed by atoms with Crippen LogP contribution in [0.1, 0.15) is 124 Å². The molecule has 11 N–H and O–H groups in total. The SMILES string of the molecule is CCCCC(NC(=O)[C@H](CC(C)C)NC(=O)[C@@H](NC(=O)[C@H](Cc1ccccc1C)NC(=O)[C@H](CCCCNC(C)=O)NC(=O)[C@H](CC(=O)O)NC(=O)CCC(=O)O)C(C)(C)C)C(=O)C(N)=O. The van der Waals surface area contributed by atoms with Crippen molar-refractivity contribution < 1.29 is 63.0 Å². The van der Waals surface area contributed by atoms with E-state index < -0.39 is 120 Å². The third-order valence-electron chi connectivity index (χ3n) is 10.3. The number of aliphatic carboxylic acids is 2. The monoisotopic (exact) mass is 931 g/mol. The summed E-state index contributed by atoms with van der Waals surface area (Å²) in [6.45, 7) is 13.8. The number of hydrogen-bond acceptors (Lipinski definition) is 11. The number of aryl methyl sites for hydroxylation is 1. The van der Waals surface area contributed by atoms with Crippen molar-refractivity contribution in [3.05, 3.63) is 35.4 Å². The summed E-state index contributed by atoms with van der Waals surface area (Å²) in [6.07, 6.45) is -0.296. The number of carboxylic acid groups (broad SMARTS) is 2. The second-order valence-corrected chi connectivity index (χ2v) is 17.8. The van der Waals surface area contributed by atoms with Gasteiger partial charge in [-0.25, -0.2) is 0 Å². The Labute approximate surface area is 385 Å². The van der Waals surface area contributed by atoms with E-state index in [2.05, 4.69) is 37.2 Å². The molecule has 0 saturated carbocycles. The minimum atomic E-state index is -1.72. The molecule has 21 heteroatoms. The van der Waals surface area contributed by atoms with Crippen LogP contribution in [0.4, 0.5) is 0 Å². The molecule has 66 heavy (non-hydrogen) atoms. The Kier molecular flexibility index (Phi) is 24.9. The van der Waals surface area contributed by atoms with E-state index in [4.69, 9.17) is 10.8 Å². The van der Waals surface area contributed by atoms with Gasteiger partial charge in [0.15, 0.2) is 0 Å². The van der Waals surface area contributed by atoms with Crippen molar-refractivity contribution in [1.82, 2.24) is 37.2 Å². The van der Waals surface area contributed by atoms with Gasteiger partial charge in [-0.1, -0.05) is 78.6 Å². The number of carbonyl (C=O) groups is 11. The zero-order valence-corrected chi connectivity index (χ0v) is 39.3. The van der Waals surface area contributed by atoms with Crippen LogP contribution in [0.5, 0.6) is 0 Å². The predicted molar refractivity (Wildman–Crippen MR) is 241 cm³/mol. The minimum absolute atomic E-state index is 0.0840. The first-order valence-electron chi connectivity index (χ1n) is 22.1. The summed E-state index contributed by atoms with van der Waals surface area (Å²) >= 11 is 0. The van der Waals surface area contributed by atoms with Crippen LogP contribution in [-0.2, 0) is 59.2 Å². The van der Waals surface area contributed by atoms with Gasteiger partial charge in [-0.15, -0.1) is 0 Å². The number of benzene rings is 1. The molecule has 8 amide bonds. The lowest BCUT2D eigenvalue weighted by molar-refractivity contribution is -0.142. The highest BCUT2D eigenvalue weighted by Crippen LogP contribution is 2.21. The van der Waals surface area contributed by atoms with Gasteiger partial charge >= 0.3 is 11.9 Å². The number of amides is 8. The summed E-state index contributed by atoms with van der Waals surface area (Å²) in [4.78, 5) is 141. The molecule has 0 aliphatic heterocycles. The highest BCUT2D eigenvalue weighted by atomic mass is 16.4. The van der Waals surface area contributed by atoms with Gasteiger partial charge in [-0.05, 0) is 61.5 Å². The quantitative estimate of drug-likeness (QED) is 0.0370.